The molecular weight excluding hydrogens is 233 g/mol. The van der Waals surface area contributed by atoms with Gasteiger partial charge in [0.05, 0.1) is 25.4 Å². The average Bonchev–Trinajstić information content (AvgIpc) is 2.28. The van der Waals surface area contributed by atoms with E-state index in [1.165, 1.54) is 0 Å². The third kappa shape index (κ3) is 5.01. The number of hydrogen-bond acceptors (Lipinski definition) is 2. The lowest BCUT2D eigenvalue weighted by Gasteiger charge is -2.12. The maximum Gasteiger partial charge on any atom is 0.414 e. The van der Waals surface area contributed by atoms with E-state index in [1.54, 1.807) is 24.3 Å². The Labute approximate surface area is 97.3 Å². The highest BCUT2D eigenvalue weighted by molar-refractivity contribution is 5.14. The molecule has 1 aromatic carbocycles. The van der Waals surface area contributed by atoms with Crippen molar-refractivity contribution in [3.05, 3.63) is 47.5 Å². The Balaban J connectivity index is 2.46. The lowest BCUT2D eigenvalue weighted by molar-refractivity contribution is -0.102. The van der Waals surface area contributed by atoms with Crippen LogP contribution in [-0.4, -0.2) is 24.5 Å². The van der Waals surface area contributed by atoms with Crippen molar-refractivity contribution in [1.82, 2.24) is 0 Å². The number of ether oxygens (including phenoxy) is 1. The zero-order valence-corrected chi connectivity index (χ0v) is 9.07. The molecule has 17 heavy (non-hydrogen) atoms. The lowest BCUT2D eigenvalue weighted by atomic mass is 10.2. The number of halogens is 3. The number of hydrogen-bond donors (Lipinski definition) is 1. The van der Waals surface area contributed by atoms with Gasteiger partial charge >= 0.3 is 6.18 Å². The molecule has 0 atom stereocenters. The molecule has 0 unspecified atom stereocenters. The van der Waals surface area contributed by atoms with Crippen LogP contribution in [0.2, 0.25) is 0 Å². The second kappa shape index (κ2) is 6.42. The van der Waals surface area contributed by atoms with Crippen molar-refractivity contribution < 1.29 is 23.0 Å². The van der Waals surface area contributed by atoms with Crippen molar-refractivity contribution in [3.63, 3.8) is 0 Å². The fourth-order valence-electron chi connectivity index (χ4n) is 1.22. The summed E-state index contributed by atoms with van der Waals surface area (Å²) in [6, 6.07) is 8.92. The molecule has 0 saturated heterocycles. The highest BCUT2D eigenvalue weighted by Gasteiger charge is 2.33. The predicted molar refractivity (Wildman–Crippen MR) is 57.3 cm³/mol. The van der Waals surface area contributed by atoms with Crippen LogP contribution < -0.4 is 0 Å². The first-order valence-corrected chi connectivity index (χ1v) is 5.03. The molecule has 0 fully saturated rings. The molecule has 0 saturated carbocycles. The normalized spacial score (nSPS) is 12.8. The van der Waals surface area contributed by atoms with Crippen molar-refractivity contribution in [2.24, 2.45) is 0 Å². The minimum atomic E-state index is -4.46. The molecule has 1 rings (SSSR count). The number of alkyl halides is 3. The van der Waals surface area contributed by atoms with Crippen molar-refractivity contribution in [2.45, 2.75) is 12.8 Å². The molecule has 0 aliphatic heterocycles. The molecule has 0 bridgehead atoms. The Morgan fingerprint density at radius 2 is 1.88 bits per heavy atom. The number of aliphatic hydroxyl groups excluding tert-OH is 1. The zero-order chi connectivity index (χ0) is 12.7. The highest BCUT2D eigenvalue weighted by Crippen LogP contribution is 2.25. The topological polar surface area (TPSA) is 29.5 Å². The zero-order valence-electron chi connectivity index (χ0n) is 9.07. The maximum absolute atomic E-state index is 12.4. The molecular formula is C12H13F3O2. The van der Waals surface area contributed by atoms with E-state index in [4.69, 9.17) is 9.84 Å². The minimum Gasteiger partial charge on any atom is -0.392 e. The first-order valence-electron chi connectivity index (χ1n) is 5.03. The Morgan fingerprint density at radius 1 is 1.24 bits per heavy atom. The summed E-state index contributed by atoms with van der Waals surface area (Å²) >= 11 is 0. The van der Waals surface area contributed by atoms with Gasteiger partial charge in [-0.3, -0.25) is 0 Å². The Morgan fingerprint density at radius 3 is 2.41 bits per heavy atom. The van der Waals surface area contributed by atoms with Gasteiger partial charge in [-0.05, 0) is 11.6 Å². The molecule has 0 spiro atoms. The molecule has 0 aliphatic rings. The van der Waals surface area contributed by atoms with Crippen LogP contribution in [0.25, 0.3) is 0 Å². The standard InChI is InChI=1S/C12H13F3O2/c13-12(14,15)11(6-7-16)9-17-8-10-4-2-1-3-5-10/h1-6,16H,7-9H2/b11-6-. The molecule has 0 aliphatic carbocycles. The monoisotopic (exact) mass is 246 g/mol. The SMILES string of the molecule is OC/C=C(/COCc1ccccc1)C(F)(F)F. The number of aliphatic hydroxyl groups is 1. The molecule has 0 aromatic heterocycles. The Bertz CT molecular complexity index is 358. The van der Waals surface area contributed by atoms with Crippen molar-refractivity contribution in [1.29, 1.82) is 0 Å². The van der Waals surface area contributed by atoms with Crippen LogP contribution in [-0.2, 0) is 11.3 Å². The van der Waals surface area contributed by atoms with Gasteiger partial charge in [-0.15, -0.1) is 0 Å². The molecule has 0 radical (unpaired) electrons. The van der Waals surface area contributed by atoms with Crippen molar-refractivity contribution >= 4 is 0 Å². The van der Waals surface area contributed by atoms with Gasteiger partial charge in [0.2, 0.25) is 0 Å². The molecule has 5 heteroatoms. The van der Waals surface area contributed by atoms with Gasteiger partial charge in [0.1, 0.15) is 0 Å². The average molecular weight is 246 g/mol. The van der Waals surface area contributed by atoms with E-state index >= 15 is 0 Å². The van der Waals surface area contributed by atoms with E-state index in [9.17, 15) is 13.2 Å². The van der Waals surface area contributed by atoms with Gasteiger partial charge in [0.25, 0.3) is 0 Å². The molecule has 1 N–H and O–H groups in total. The molecule has 2 nitrogen and oxygen atoms in total. The van der Waals surface area contributed by atoms with E-state index < -0.39 is 25.0 Å². The van der Waals surface area contributed by atoms with E-state index in [1.807, 2.05) is 6.07 Å². The first-order chi connectivity index (χ1) is 8.04. The van der Waals surface area contributed by atoms with Crippen LogP contribution in [0.3, 0.4) is 0 Å². The van der Waals surface area contributed by atoms with Crippen LogP contribution >= 0.6 is 0 Å². The molecule has 0 heterocycles. The maximum atomic E-state index is 12.4. The second-order valence-corrected chi connectivity index (χ2v) is 3.39. The quantitative estimate of drug-likeness (QED) is 0.809. The van der Waals surface area contributed by atoms with Crippen LogP contribution in [0.4, 0.5) is 13.2 Å². The van der Waals surface area contributed by atoms with Crippen LogP contribution in [0.15, 0.2) is 42.0 Å². The second-order valence-electron chi connectivity index (χ2n) is 3.39. The van der Waals surface area contributed by atoms with Gasteiger partial charge in [-0.2, -0.15) is 13.2 Å². The number of benzene rings is 1. The van der Waals surface area contributed by atoms with Crippen LogP contribution in [0.1, 0.15) is 5.56 Å². The van der Waals surface area contributed by atoms with Gasteiger partial charge in [0.15, 0.2) is 0 Å². The predicted octanol–water partition coefficient (Wildman–Crippen LogP) is 2.68. The molecule has 1 aromatic rings. The smallest absolute Gasteiger partial charge is 0.392 e. The Kier molecular flexibility index (Phi) is 5.18. The summed E-state index contributed by atoms with van der Waals surface area (Å²) in [5.74, 6) is 0. The van der Waals surface area contributed by atoms with E-state index in [0.717, 1.165) is 5.56 Å². The summed E-state index contributed by atoms with van der Waals surface area (Å²) in [6.07, 6.45) is -3.75. The number of rotatable bonds is 5. The third-order valence-electron chi connectivity index (χ3n) is 2.07. The summed E-state index contributed by atoms with van der Waals surface area (Å²) < 4.78 is 42.1. The van der Waals surface area contributed by atoms with E-state index in [-0.39, 0.29) is 6.61 Å². The van der Waals surface area contributed by atoms with Gasteiger partial charge in [-0.1, -0.05) is 30.3 Å². The summed E-state index contributed by atoms with van der Waals surface area (Å²) in [4.78, 5) is 0. The Hall–Kier alpha value is -1.33. The summed E-state index contributed by atoms with van der Waals surface area (Å²) in [5.41, 5.74) is -0.0612. The summed E-state index contributed by atoms with van der Waals surface area (Å²) in [6.45, 7) is -1.10. The molecule has 0 amide bonds. The van der Waals surface area contributed by atoms with E-state index in [0.29, 0.717) is 6.08 Å². The largest absolute Gasteiger partial charge is 0.414 e. The van der Waals surface area contributed by atoms with Gasteiger partial charge < -0.3 is 9.84 Å². The third-order valence-corrected chi connectivity index (χ3v) is 2.07. The fraction of sp³-hybridized carbons (Fsp3) is 0.333. The summed E-state index contributed by atoms with van der Waals surface area (Å²) in [5, 5.41) is 8.48. The lowest BCUT2D eigenvalue weighted by Crippen LogP contribution is -2.17. The van der Waals surface area contributed by atoms with Crippen molar-refractivity contribution in [3.8, 4) is 0 Å². The highest BCUT2D eigenvalue weighted by atomic mass is 19.4. The van der Waals surface area contributed by atoms with Crippen LogP contribution in [0, 0.1) is 0 Å². The molecule has 94 valence electrons. The fourth-order valence-corrected chi connectivity index (χ4v) is 1.22. The van der Waals surface area contributed by atoms with E-state index in [2.05, 4.69) is 0 Å². The van der Waals surface area contributed by atoms with Gasteiger partial charge in [-0.25, -0.2) is 0 Å². The minimum absolute atomic E-state index is 0.111. The van der Waals surface area contributed by atoms with Gasteiger partial charge in [0, 0.05) is 0 Å². The summed E-state index contributed by atoms with van der Waals surface area (Å²) in [7, 11) is 0. The van der Waals surface area contributed by atoms with Crippen LogP contribution in [0.5, 0.6) is 0 Å². The van der Waals surface area contributed by atoms with Crippen molar-refractivity contribution in [2.75, 3.05) is 13.2 Å². The first kappa shape index (κ1) is 13.7.